The number of nitrogens with two attached hydrogens (primary N) is 1. The minimum Gasteiger partial charge on any atom is -0.490 e. The summed E-state index contributed by atoms with van der Waals surface area (Å²) >= 11 is 0. The number of piperidine rings is 1. The van der Waals surface area contributed by atoms with Gasteiger partial charge in [0.1, 0.15) is 6.61 Å². The molecular weight excluding hydrogens is 330 g/mol. The van der Waals surface area contributed by atoms with Crippen molar-refractivity contribution in [2.75, 3.05) is 19.7 Å². The van der Waals surface area contributed by atoms with Crippen molar-refractivity contribution in [2.24, 2.45) is 5.73 Å². The van der Waals surface area contributed by atoms with E-state index in [1.807, 2.05) is 24.0 Å². The van der Waals surface area contributed by atoms with Crippen molar-refractivity contribution in [3.63, 3.8) is 0 Å². The van der Waals surface area contributed by atoms with Crippen molar-refractivity contribution in [1.29, 1.82) is 0 Å². The molecule has 138 valence electrons. The monoisotopic (exact) mass is 355 g/mol. The van der Waals surface area contributed by atoms with Gasteiger partial charge < -0.3 is 20.1 Å². The van der Waals surface area contributed by atoms with Crippen LogP contribution in [0.2, 0.25) is 0 Å². The second-order valence-corrected chi connectivity index (χ2v) is 6.39. The molecule has 1 aliphatic rings. The molecule has 1 saturated heterocycles. The number of pyridine rings is 1. The lowest BCUT2D eigenvalue weighted by atomic mass is 10.1. The summed E-state index contributed by atoms with van der Waals surface area (Å²) in [6.07, 6.45) is 5.37. The quantitative estimate of drug-likeness (QED) is 0.862. The summed E-state index contributed by atoms with van der Waals surface area (Å²) in [6.45, 7) is 4.17. The van der Waals surface area contributed by atoms with Crippen molar-refractivity contribution in [3.05, 3.63) is 53.9 Å². The maximum Gasteiger partial charge on any atom is 0.254 e. The smallest absolute Gasteiger partial charge is 0.254 e. The van der Waals surface area contributed by atoms with Crippen LogP contribution in [0.1, 0.15) is 35.7 Å². The Hall–Kier alpha value is -2.60. The summed E-state index contributed by atoms with van der Waals surface area (Å²) in [4.78, 5) is 18.6. The predicted molar refractivity (Wildman–Crippen MR) is 99.3 cm³/mol. The van der Waals surface area contributed by atoms with E-state index in [0.717, 1.165) is 24.9 Å². The van der Waals surface area contributed by atoms with Crippen LogP contribution in [0, 0.1) is 0 Å². The molecule has 0 saturated carbocycles. The van der Waals surface area contributed by atoms with E-state index in [1.54, 1.807) is 30.6 Å². The van der Waals surface area contributed by atoms with Crippen LogP contribution in [0.4, 0.5) is 0 Å². The molecule has 3 rings (SSSR count). The summed E-state index contributed by atoms with van der Waals surface area (Å²) < 4.78 is 11.6. The highest BCUT2D eigenvalue weighted by atomic mass is 16.5. The largest absolute Gasteiger partial charge is 0.490 e. The van der Waals surface area contributed by atoms with Crippen molar-refractivity contribution < 1.29 is 14.3 Å². The van der Waals surface area contributed by atoms with Gasteiger partial charge in [-0.05, 0) is 55.7 Å². The highest BCUT2D eigenvalue weighted by molar-refractivity contribution is 5.95. The van der Waals surface area contributed by atoms with Crippen LogP contribution in [0.15, 0.2) is 42.7 Å². The summed E-state index contributed by atoms with van der Waals surface area (Å²) in [7, 11) is 0. The second-order valence-electron chi connectivity index (χ2n) is 6.39. The molecule has 0 radical (unpaired) electrons. The molecule has 1 aromatic carbocycles. The molecule has 6 heteroatoms. The van der Waals surface area contributed by atoms with Crippen LogP contribution in [-0.2, 0) is 6.61 Å². The van der Waals surface area contributed by atoms with Gasteiger partial charge in [-0.3, -0.25) is 9.78 Å². The molecule has 0 bridgehead atoms. The molecule has 1 aliphatic heterocycles. The Morgan fingerprint density at radius 1 is 1.23 bits per heavy atom. The number of rotatable bonds is 6. The zero-order valence-electron chi connectivity index (χ0n) is 15.1. The summed E-state index contributed by atoms with van der Waals surface area (Å²) in [5.41, 5.74) is 7.61. The molecule has 26 heavy (non-hydrogen) atoms. The molecular formula is C20H25N3O3. The highest BCUT2D eigenvalue weighted by Gasteiger charge is 2.23. The van der Waals surface area contributed by atoms with Gasteiger partial charge in [0.05, 0.1) is 6.61 Å². The number of amides is 1. The third-order valence-corrected chi connectivity index (χ3v) is 4.38. The number of carbonyl (C=O) groups is 1. The van der Waals surface area contributed by atoms with E-state index in [0.29, 0.717) is 36.8 Å². The lowest BCUT2D eigenvalue weighted by Gasteiger charge is -2.31. The normalized spacial score (nSPS) is 17.0. The zero-order valence-corrected chi connectivity index (χ0v) is 15.1. The fourth-order valence-corrected chi connectivity index (χ4v) is 3.05. The third kappa shape index (κ3) is 4.52. The molecule has 1 amide bonds. The molecule has 1 fully saturated rings. The Bertz CT molecular complexity index is 736. The molecule has 6 nitrogen and oxygen atoms in total. The van der Waals surface area contributed by atoms with Crippen LogP contribution in [0.3, 0.4) is 0 Å². The van der Waals surface area contributed by atoms with Gasteiger partial charge in [-0.2, -0.15) is 0 Å². The van der Waals surface area contributed by atoms with Crippen LogP contribution < -0.4 is 15.2 Å². The molecule has 2 heterocycles. The van der Waals surface area contributed by atoms with Gasteiger partial charge >= 0.3 is 0 Å². The second kappa shape index (κ2) is 8.67. The lowest BCUT2D eigenvalue weighted by Crippen LogP contribution is -2.45. The third-order valence-electron chi connectivity index (χ3n) is 4.38. The van der Waals surface area contributed by atoms with E-state index >= 15 is 0 Å². The van der Waals surface area contributed by atoms with Gasteiger partial charge in [0.25, 0.3) is 5.91 Å². The van der Waals surface area contributed by atoms with Crippen molar-refractivity contribution in [1.82, 2.24) is 9.88 Å². The standard InChI is InChI=1S/C20H25N3O3/c1-2-25-19-12-16(20(24)23-11-3-4-17(21)13-23)5-6-18(19)26-14-15-7-9-22-10-8-15/h5-10,12,17H,2-4,11,13-14,21H2,1H3/t17-/m0/s1. The Labute approximate surface area is 153 Å². The zero-order chi connectivity index (χ0) is 18.4. The first-order chi connectivity index (χ1) is 12.7. The average molecular weight is 355 g/mol. The molecule has 1 atom stereocenters. The van der Waals surface area contributed by atoms with E-state index in [1.165, 1.54) is 0 Å². The van der Waals surface area contributed by atoms with Crippen molar-refractivity contribution >= 4 is 5.91 Å². The number of likely N-dealkylation sites (tertiary alicyclic amines) is 1. The summed E-state index contributed by atoms with van der Waals surface area (Å²) in [6, 6.07) is 9.20. The molecule has 0 aliphatic carbocycles. The number of nitrogens with zero attached hydrogens (tertiary/aromatic N) is 2. The number of aromatic nitrogens is 1. The van der Waals surface area contributed by atoms with E-state index in [9.17, 15) is 4.79 Å². The molecule has 0 unspecified atom stereocenters. The Kier molecular flexibility index (Phi) is 6.07. The van der Waals surface area contributed by atoms with Gasteiger partial charge in [0.15, 0.2) is 11.5 Å². The van der Waals surface area contributed by atoms with Crippen LogP contribution >= 0.6 is 0 Å². The summed E-state index contributed by atoms with van der Waals surface area (Å²) in [5, 5.41) is 0. The predicted octanol–water partition coefficient (Wildman–Crippen LogP) is 2.62. The first kappa shape index (κ1) is 18.2. The average Bonchev–Trinajstić information content (AvgIpc) is 2.67. The number of hydrogen-bond donors (Lipinski definition) is 1. The Morgan fingerprint density at radius 2 is 2.04 bits per heavy atom. The molecule has 1 aromatic heterocycles. The minimum absolute atomic E-state index is 0.0122. The van der Waals surface area contributed by atoms with E-state index in [-0.39, 0.29) is 11.9 Å². The first-order valence-electron chi connectivity index (χ1n) is 9.00. The van der Waals surface area contributed by atoms with Gasteiger partial charge in [-0.1, -0.05) is 0 Å². The van der Waals surface area contributed by atoms with Crippen LogP contribution in [0.5, 0.6) is 11.5 Å². The fraction of sp³-hybridized carbons (Fsp3) is 0.400. The maximum absolute atomic E-state index is 12.8. The SMILES string of the molecule is CCOc1cc(C(=O)N2CCC[C@H](N)C2)ccc1OCc1ccncc1. The van der Waals surface area contributed by atoms with Gasteiger partial charge in [0.2, 0.25) is 0 Å². The van der Waals surface area contributed by atoms with Crippen LogP contribution in [0.25, 0.3) is 0 Å². The lowest BCUT2D eigenvalue weighted by molar-refractivity contribution is 0.0708. The number of carbonyl (C=O) groups excluding carboxylic acids is 1. The van der Waals surface area contributed by atoms with Crippen molar-refractivity contribution in [2.45, 2.75) is 32.4 Å². The first-order valence-corrected chi connectivity index (χ1v) is 9.00. The number of ether oxygens (including phenoxy) is 2. The highest BCUT2D eigenvalue weighted by Crippen LogP contribution is 2.30. The van der Waals surface area contributed by atoms with Gasteiger partial charge in [-0.15, -0.1) is 0 Å². The Morgan fingerprint density at radius 3 is 2.77 bits per heavy atom. The topological polar surface area (TPSA) is 77.7 Å². The van der Waals surface area contributed by atoms with E-state index in [4.69, 9.17) is 15.2 Å². The fourth-order valence-electron chi connectivity index (χ4n) is 3.05. The van der Waals surface area contributed by atoms with E-state index < -0.39 is 0 Å². The Balaban J connectivity index is 1.74. The number of benzene rings is 1. The van der Waals surface area contributed by atoms with Gasteiger partial charge in [-0.25, -0.2) is 0 Å². The van der Waals surface area contributed by atoms with E-state index in [2.05, 4.69) is 4.98 Å². The molecule has 2 aromatic rings. The summed E-state index contributed by atoms with van der Waals surface area (Å²) in [5.74, 6) is 1.19. The van der Waals surface area contributed by atoms with Crippen LogP contribution in [-0.4, -0.2) is 41.5 Å². The molecule has 2 N–H and O–H groups in total. The molecule has 0 spiro atoms. The number of hydrogen-bond acceptors (Lipinski definition) is 5. The van der Waals surface area contributed by atoms with Crippen molar-refractivity contribution in [3.8, 4) is 11.5 Å². The van der Waals surface area contributed by atoms with Gasteiger partial charge in [0, 0.05) is 37.1 Å². The minimum atomic E-state index is -0.0122. The maximum atomic E-state index is 12.8.